The summed E-state index contributed by atoms with van der Waals surface area (Å²) in [4.78, 5) is 31.6. The molecule has 1 atom stereocenters. The minimum Gasteiger partial charge on any atom is -0.496 e. The first kappa shape index (κ1) is 18.7. The molecule has 1 N–H and O–H groups in total. The fourth-order valence-electron chi connectivity index (χ4n) is 4.79. The Kier molecular flexibility index (Phi) is 3.74. The predicted octanol–water partition coefficient (Wildman–Crippen LogP) is 3.16. The van der Waals surface area contributed by atoms with E-state index in [0.717, 1.165) is 32.7 Å². The minimum atomic E-state index is -1.83. The van der Waals surface area contributed by atoms with E-state index in [1.165, 1.54) is 0 Å². The van der Waals surface area contributed by atoms with Crippen molar-refractivity contribution in [2.24, 2.45) is 0 Å². The molecular formula is C23H18N2O5S. The van der Waals surface area contributed by atoms with Crippen LogP contribution in [0, 0.1) is 0 Å². The summed E-state index contributed by atoms with van der Waals surface area (Å²) >= 11 is 1.59. The lowest BCUT2D eigenvalue weighted by atomic mass is 9.86. The Labute approximate surface area is 181 Å². The number of fused-ring (bicyclic) bond motifs is 5. The lowest BCUT2D eigenvalue weighted by Crippen LogP contribution is -2.44. The number of nitrogens with zero attached hydrogens (tertiary/aromatic N) is 2. The molecule has 0 unspecified atom stereocenters. The molecule has 3 aliphatic heterocycles. The quantitative estimate of drug-likeness (QED) is 0.485. The van der Waals surface area contributed by atoms with E-state index < -0.39 is 11.6 Å². The lowest BCUT2D eigenvalue weighted by molar-refractivity contribution is -0.172. The summed E-state index contributed by atoms with van der Waals surface area (Å²) in [6.07, 6.45) is 2.17. The summed E-state index contributed by atoms with van der Waals surface area (Å²) in [6.45, 7) is 1.94. The van der Waals surface area contributed by atoms with Gasteiger partial charge in [0.2, 0.25) is 0 Å². The number of hydrogen-bond acceptors (Lipinski definition) is 7. The molecule has 0 saturated heterocycles. The number of aliphatic hydroxyl groups is 1. The van der Waals surface area contributed by atoms with Crippen LogP contribution < -0.4 is 10.3 Å². The molecule has 31 heavy (non-hydrogen) atoms. The Hall–Kier alpha value is -3.10. The molecular weight excluding hydrogens is 416 g/mol. The fourth-order valence-corrected chi connectivity index (χ4v) is 5.73. The first-order chi connectivity index (χ1) is 15.0. The standard InChI is InChI=1S/C23H18N2O5S/c1-3-23(28)14-8-16-19-12(9-25(16)21(26)13(14)10-30-22(23)27)11-6-7-31-20-17(29-2)5-4-15(24-19)18(11)20/h4-8,28H,3,9-10H2,1-2H3/t23-/m0/s1. The van der Waals surface area contributed by atoms with Gasteiger partial charge in [0.05, 0.1) is 41.0 Å². The summed E-state index contributed by atoms with van der Waals surface area (Å²) in [5, 5.41) is 14.0. The van der Waals surface area contributed by atoms with Crippen LogP contribution >= 0.6 is 11.8 Å². The van der Waals surface area contributed by atoms with Crippen LogP contribution in [0.4, 0.5) is 0 Å². The third-order valence-corrected chi connectivity index (χ3v) is 7.37. The van der Waals surface area contributed by atoms with Gasteiger partial charge in [-0.3, -0.25) is 4.79 Å². The van der Waals surface area contributed by atoms with Crippen LogP contribution in [0.5, 0.6) is 5.75 Å². The molecule has 6 rings (SSSR count). The molecule has 3 aromatic rings. The van der Waals surface area contributed by atoms with Crippen molar-refractivity contribution in [1.29, 1.82) is 0 Å². The highest BCUT2D eigenvalue weighted by Gasteiger charge is 2.45. The zero-order valence-electron chi connectivity index (χ0n) is 16.9. The summed E-state index contributed by atoms with van der Waals surface area (Å²) in [6, 6.07) is 5.55. The van der Waals surface area contributed by atoms with Gasteiger partial charge < -0.3 is 19.1 Å². The van der Waals surface area contributed by atoms with E-state index in [-0.39, 0.29) is 18.6 Å². The molecule has 0 bridgehead atoms. The van der Waals surface area contributed by atoms with E-state index >= 15 is 0 Å². The molecule has 0 fully saturated rings. The van der Waals surface area contributed by atoms with E-state index in [0.29, 0.717) is 29.1 Å². The number of methoxy groups -OCH3 is 1. The van der Waals surface area contributed by atoms with Crippen LogP contribution in [-0.4, -0.2) is 27.7 Å². The lowest BCUT2D eigenvalue weighted by Gasteiger charge is -2.31. The third kappa shape index (κ3) is 2.26. The van der Waals surface area contributed by atoms with Gasteiger partial charge in [0, 0.05) is 16.5 Å². The van der Waals surface area contributed by atoms with Gasteiger partial charge >= 0.3 is 5.97 Å². The fraction of sp³-hybridized carbons (Fsp3) is 0.261. The van der Waals surface area contributed by atoms with E-state index in [9.17, 15) is 14.7 Å². The monoisotopic (exact) mass is 434 g/mol. The number of carbonyl (C=O) groups excluding carboxylic acids is 1. The van der Waals surface area contributed by atoms with Gasteiger partial charge in [-0.1, -0.05) is 18.7 Å². The maximum Gasteiger partial charge on any atom is 0.343 e. The van der Waals surface area contributed by atoms with Crippen LogP contribution in [0.2, 0.25) is 0 Å². The highest BCUT2D eigenvalue weighted by Crippen LogP contribution is 2.47. The molecule has 2 aromatic heterocycles. The number of pyridine rings is 2. The Balaban J connectivity index is 1.67. The van der Waals surface area contributed by atoms with Gasteiger partial charge in [0.15, 0.2) is 5.60 Å². The van der Waals surface area contributed by atoms with Gasteiger partial charge in [-0.25, -0.2) is 9.78 Å². The maximum absolute atomic E-state index is 13.3. The highest BCUT2D eigenvalue weighted by molar-refractivity contribution is 8.02. The predicted molar refractivity (Wildman–Crippen MR) is 116 cm³/mol. The number of ether oxygens (including phenoxy) is 2. The Morgan fingerprint density at radius 1 is 1.32 bits per heavy atom. The van der Waals surface area contributed by atoms with Crippen LogP contribution in [0.1, 0.15) is 35.6 Å². The van der Waals surface area contributed by atoms with E-state index in [2.05, 4.69) is 0 Å². The molecule has 0 amide bonds. The van der Waals surface area contributed by atoms with Gasteiger partial charge in [-0.2, -0.15) is 0 Å². The second kappa shape index (κ2) is 6.21. The van der Waals surface area contributed by atoms with Crippen molar-refractivity contribution in [3.63, 3.8) is 0 Å². The number of benzene rings is 1. The number of rotatable bonds is 2. The molecule has 3 aliphatic rings. The van der Waals surface area contributed by atoms with Gasteiger partial charge in [0.1, 0.15) is 12.4 Å². The average molecular weight is 434 g/mol. The largest absolute Gasteiger partial charge is 0.496 e. The smallest absolute Gasteiger partial charge is 0.343 e. The normalized spacial score (nSPS) is 20.3. The van der Waals surface area contributed by atoms with E-state index in [1.54, 1.807) is 36.4 Å². The van der Waals surface area contributed by atoms with Crippen molar-refractivity contribution in [3.05, 3.63) is 56.2 Å². The highest BCUT2D eigenvalue weighted by atomic mass is 32.2. The number of cyclic esters (lactones) is 1. The zero-order chi connectivity index (χ0) is 21.5. The first-order valence-electron chi connectivity index (χ1n) is 10.0. The first-order valence-corrected chi connectivity index (χ1v) is 10.9. The van der Waals surface area contributed by atoms with E-state index in [4.69, 9.17) is 14.5 Å². The molecule has 7 nitrogen and oxygen atoms in total. The topological polar surface area (TPSA) is 90.7 Å². The molecule has 0 saturated carbocycles. The van der Waals surface area contributed by atoms with Gasteiger partial charge in [-0.05, 0) is 41.7 Å². The van der Waals surface area contributed by atoms with Crippen molar-refractivity contribution >= 4 is 34.7 Å². The van der Waals surface area contributed by atoms with Crippen molar-refractivity contribution in [2.75, 3.05) is 7.11 Å². The van der Waals surface area contributed by atoms with Crippen molar-refractivity contribution in [1.82, 2.24) is 9.55 Å². The van der Waals surface area contributed by atoms with Crippen molar-refractivity contribution < 1.29 is 19.4 Å². The summed E-state index contributed by atoms with van der Waals surface area (Å²) < 4.78 is 12.3. The summed E-state index contributed by atoms with van der Waals surface area (Å²) in [7, 11) is 1.65. The SMILES string of the molecule is CC[C@@]1(O)C(=O)OCc2c1cc1n(c2=O)Cc2c-1nc1ccc(OC)c3c1c2C=CS3. The maximum atomic E-state index is 13.3. The zero-order valence-corrected chi connectivity index (χ0v) is 17.7. The Morgan fingerprint density at radius 3 is 2.94 bits per heavy atom. The van der Waals surface area contributed by atoms with Crippen LogP contribution in [0.15, 0.2) is 33.3 Å². The molecule has 5 heterocycles. The molecule has 8 heteroatoms. The van der Waals surface area contributed by atoms with Crippen molar-refractivity contribution in [2.45, 2.75) is 37.0 Å². The third-order valence-electron chi connectivity index (χ3n) is 6.45. The molecule has 156 valence electrons. The number of carbonyl (C=O) groups is 1. The average Bonchev–Trinajstić information content (AvgIpc) is 3.16. The minimum absolute atomic E-state index is 0.119. The number of esters is 1. The van der Waals surface area contributed by atoms with E-state index in [1.807, 2.05) is 23.6 Å². The Morgan fingerprint density at radius 2 is 2.16 bits per heavy atom. The van der Waals surface area contributed by atoms with Crippen LogP contribution in [0.25, 0.3) is 28.4 Å². The summed E-state index contributed by atoms with van der Waals surface area (Å²) in [5.74, 6) is 0.0694. The number of thioether (sulfide) groups is 1. The second-order valence-corrected chi connectivity index (χ2v) is 8.78. The second-order valence-electron chi connectivity index (χ2n) is 7.87. The van der Waals surface area contributed by atoms with Gasteiger partial charge in [-0.15, -0.1) is 0 Å². The molecule has 0 spiro atoms. The van der Waals surface area contributed by atoms with Gasteiger partial charge in [0.25, 0.3) is 5.56 Å². The van der Waals surface area contributed by atoms with Crippen molar-refractivity contribution in [3.8, 4) is 17.1 Å². The molecule has 1 aromatic carbocycles. The molecule has 0 radical (unpaired) electrons. The number of hydrogen-bond donors (Lipinski definition) is 1. The summed E-state index contributed by atoms with van der Waals surface area (Å²) in [5.41, 5.74) is 2.66. The number of aromatic nitrogens is 2. The van der Waals surface area contributed by atoms with Crippen LogP contribution in [-0.2, 0) is 28.3 Å². The molecule has 0 aliphatic carbocycles. The van der Waals surface area contributed by atoms with Crippen LogP contribution in [0.3, 0.4) is 0 Å². The Bertz CT molecular complexity index is 1420.